The van der Waals surface area contributed by atoms with Gasteiger partial charge in [-0.2, -0.15) is 0 Å². The maximum absolute atomic E-state index is 11.9. The third-order valence-electron chi connectivity index (χ3n) is 2.70. The van der Waals surface area contributed by atoms with Crippen LogP contribution in [0.5, 0.6) is 5.75 Å². The van der Waals surface area contributed by atoms with Gasteiger partial charge < -0.3 is 4.74 Å². The van der Waals surface area contributed by atoms with E-state index < -0.39 is 0 Å². The van der Waals surface area contributed by atoms with E-state index in [1.165, 1.54) is 0 Å². The number of benzene rings is 1. The number of rotatable bonds is 3. The van der Waals surface area contributed by atoms with Crippen molar-refractivity contribution < 1.29 is 9.53 Å². The number of aromatic nitrogens is 1. The van der Waals surface area contributed by atoms with Crippen molar-refractivity contribution in [1.82, 2.24) is 4.57 Å². The summed E-state index contributed by atoms with van der Waals surface area (Å²) in [6.07, 6.45) is 3.15. The second-order valence-electron chi connectivity index (χ2n) is 3.88. The fourth-order valence-electron chi connectivity index (χ4n) is 1.84. The van der Waals surface area contributed by atoms with Gasteiger partial charge in [0.15, 0.2) is 0 Å². The number of ether oxygens (including phenoxy) is 1. The summed E-state index contributed by atoms with van der Waals surface area (Å²) in [4.78, 5) is 11.9. The van der Waals surface area contributed by atoms with E-state index in [2.05, 4.69) is 0 Å². The molecule has 0 aliphatic carbocycles. The maximum Gasteiger partial charge on any atom is 0.231 e. The third-order valence-corrected chi connectivity index (χ3v) is 2.99. The predicted octanol–water partition coefficient (Wildman–Crippen LogP) is 3.74. The van der Waals surface area contributed by atoms with E-state index >= 15 is 0 Å². The Hall–Kier alpha value is -1.48. The quantitative estimate of drug-likeness (QED) is 0.832. The molecule has 0 N–H and O–H groups in total. The molecule has 1 aromatic carbocycles. The molecule has 1 heterocycles. The molecular formula is C13H14ClNO2. The van der Waals surface area contributed by atoms with Gasteiger partial charge >= 0.3 is 0 Å². The number of hydrogen-bond acceptors (Lipinski definition) is 2. The van der Waals surface area contributed by atoms with Crippen LogP contribution < -0.4 is 4.74 Å². The number of methoxy groups -OCH3 is 1. The van der Waals surface area contributed by atoms with Gasteiger partial charge in [0, 0.05) is 18.0 Å². The molecule has 0 saturated carbocycles. The van der Waals surface area contributed by atoms with Gasteiger partial charge in [0.1, 0.15) is 5.75 Å². The predicted molar refractivity (Wildman–Crippen MR) is 69.0 cm³/mol. The van der Waals surface area contributed by atoms with Crippen molar-refractivity contribution in [3.8, 4) is 5.75 Å². The first-order valence-corrected chi connectivity index (χ1v) is 5.93. The Morgan fingerprint density at radius 2 is 2.24 bits per heavy atom. The van der Waals surface area contributed by atoms with Gasteiger partial charge in [-0.3, -0.25) is 9.36 Å². The van der Waals surface area contributed by atoms with E-state index in [1.54, 1.807) is 23.9 Å². The van der Waals surface area contributed by atoms with Crippen LogP contribution >= 0.6 is 11.6 Å². The Balaban J connectivity index is 2.54. The summed E-state index contributed by atoms with van der Waals surface area (Å²) in [6, 6.07) is 5.50. The van der Waals surface area contributed by atoms with Gasteiger partial charge in [0.25, 0.3) is 0 Å². The minimum atomic E-state index is 0.0868. The van der Waals surface area contributed by atoms with Gasteiger partial charge in [-0.15, -0.1) is 0 Å². The number of carbonyl (C=O) groups is 1. The fraction of sp³-hybridized carbons (Fsp3) is 0.308. The number of halogens is 1. The summed E-state index contributed by atoms with van der Waals surface area (Å²) >= 11 is 6.06. The van der Waals surface area contributed by atoms with Crippen LogP contribution in [0.3, 0.4) is 0 Å². The lowest BCUT2D eigenvalue weighted by Crippen LogP contribution is -2.08. The number of nitrogens with zero attached hydrogens (tertiary/aromatic N) is 1. The highest BCUT2D eigenvalue weighted by molar-refractivity contribution is 6.32. The topological polar surface area (TPSA) is 31.2 Å². The molecule has 0 amide bonds. The minimum absolute atomic E-state index is 0.0868. The molecule has 90 valence electrons. The zero-order valence-electron chi connectivity index (χ0n) is 9.87. The summed E-state index contributed by atoms with van der Waals surface area (Å²) in [5.41, 5.74) is 0.828. The maximum atomic E-state index is 11.9. The molecule has 3 nitrogen and oxygen atoms in total. The Bertz CT molecular complexity index is 560. The molecule has 1 aromatic heterocycles. The van der Waals surface area contributed by atoms with Gasteiger partial charge in [0.2, 0.25) is 5.91 Å². The minimum Gasteiger partial charge on any atom is -0.495 e. The van der Waals surface area contributed by atoms with Gasteiger partial charge in [-0.1, -0.05) is 18.5 Å². The standard InChI is InChI=1S/C13H14ClNO2/c1-3-4-13(16)15-6-5-9-7-12(17-2)10(14)8-11(9)15/h5-8H,3-4H2,1-2H3. The van der Waals surface area contributed by atoms with Gasteiger partial charge in [0.05, 0.1) is 17.6 Å². The molecule has 0 spiro atoms. The molecule has 0 saturated heterocycles. The van der Waals surface area contributed by atoms with Crippen molar-refractivity contribution in [2.75, 3.05) is 7.11 Å². The van der Waals surface area contributed by atoms with Crippen molar-refractivity contribution in [3.63, 3.8) is 0 Å². The van der Waals surface area contributed by atoms with E-state index in [0.29, 0.717) is 17.2 Å². The van der Waals surface area contributed by atoms with Crippen LogP contribution in [0.15, 0.2) is 24.4 Å². The average molecular weight is 252 g/mol. The summed E-state index contributed by atoms with van der Waals surface area (Å²) in [5.74, 6) is 0.712. The molecule has 4 heteroatoms. The summed E-state index contributed by atoms with van der Waals surface area (Å²) in [7, 11) is 1.58. The van der Waals surface area contributed by atoms with E-state index in [9.17, 15) is 4.79 Å². The highest BCUT2D eigenvalue weighted by Gasteiger charge is 2.11. The zero-order valence-corrected chi connectivity index (χ0v) is 10.6. The van der Waals surface area contributed by atoms with Crippen molar-refractivity contribution in [2.45, 2.75) is 19.8 Å². The second kappa shape index (κ2) is 4.80. The molecule has 2 rings (SSSR count). The number of fused-ring (bicyclic) bond motifs is 1. The van der Waals surface area contributed by atoms with Crippen molar-refractivity contribution in [2.24, 2.45) is 0 Å². The SMILES string of the molecule is CCCC(=O)n1ccc2cc(OC)c(Cl)cc21. The summed E-state index contributed by atoms with van der Waals surface area (Å²) in [6.45, 7) is 1.99. The molecule has 0 aliphatic rings. The molecule has 0 atom stereocenters. The van der Waals surface area contributed by atoms with Gasteiger partial charge in [-0.25, -0.2) is 0 Å². The van der Waals surface area contributed by atoms with Crippen LogP contribution in [0.4, 0.5) is 0 Å². The molecule has 17 heavy (non-hydrogen) atoms. The molecule has 0 fully saturated rings. The van der Waals surface area contributed by atoms with Crippen LogP contribution in [0.25, 0.3) is 10.9 Å². The van der Waals surface area contributed by atoms with Crippen LogP contribution in [0.1, 0.15) is 24.6 Å². The largest absolute Gasteiger partial charge is 0.495 e. The molecular weight excluding hydrogens is 238 g/mol. The molecule has 2 aromatic rings. The number of carbonyl (C=O) groups excluding carboxylic acids is 1. The van der Waals surface area contributed by atoms with Crippen molar-refractivity contribution in [1.29, 1.82) is 0 Å². The normalized spacial score (nSPS) is 10.8. The zero-order chi connectivity index (χ0) is 12.4. The Labute approximate surface area is 105 Å². The molecule has 0 bridgehead atoms. The Kier molecular flexibility index (Phi) is 3.38. The first-order chi connectivity index (χ1) is 8.17. The lowest BCUT2D eigenvalue weighted by atomic mass is 10.2. The van der Waals surface area contributed by atoms with Crippen molar-refractivity contribution >= 4 is 28.4 Å². The molecule has 0 radical (unpaired) electrons. The molecule has 0 aliphatic heterocycles. The highest BCUT2D eigenvalue weighted by Crippen LogP contribution is 2.30. The lowest BCUT2D eigenvalue weighted by Gasteiger charge is -2.06. The Morgan fingerprint density at radius 3 is 2.88 bits per heavy atom. The fourth-order valence-corrected chi connectivity index (χ4v) is 2.08. The third kappa shape index (κ3) is 2.15. The second-order valence-corrected chi connectivity index (χ2v) is 4.28. The number of hydrogen-bond donors (Lipinski definition) is 0. The van der Waals surface area contributed by atoms with E-state index in [4.69, 9.17) is 16.3 Å². The Morgan fingerprint density at radius 1 is 1.47 bits per heavy atom. The van der Waals surface area contributed by atoms with Gasteiger partial charge in [-0.05, 0) is 24.6 Å². The van der Waals surface area contributed by atoms with E-state index in [-0.39, 0.29) is 5.91 Å². The highest BCUT2D eigenvalue weighted by atomic mass is 35.5. The summed E-state index contributed by atoms with van der Waals surface area (Å²) < 4.78 is 6.79. The van der Waals surface area contributed by atoms with E-state index in [0.717, 1.165) is 17.3 Å². The van der Waals surface area contributed by atoms with Crippen molar-refractivity contribution in [3.05, 3.63) is 29.4 Å². The summed E-state index contributed by atoms with van der Waals surface area (Å²) in [5, 5.41) is 1.47. The van der Waals surface area contributed by atoms with E-state index in [1.807, 2.05) is 19.1 Å². The average Bonchev–Trinajstić information content (AvgIpc) is 2.71. The smallest absolute Gasteiger partial charge is 0.231 e. The van der Waals surface area contributed by atoms with Crippen LogP contribution in [0.2, 0.25) is 5.02 Å². The van der Waals surface area contributed by atoms with Crippen LogP contribution in [-0.2, 0) is 0 Å². The first kappa shape index (κ1) is 12.0. The monoisotopic (exact) mass is 251 g/mol. The molecule has 0 unspecified atom stereocenters. The van der Waals surface area contributed by atoms with Crippen LogP contribution in [-0.4, -0.2) is 17.6 Å². The van der Waals surface area contributed by atoms with Crippen LogP contribution in [0, 0.1) is 0 Å². The lowest BCUT2D eigenvalue weighted by molar-refractivity contribution is 0.0907. The first-order valence-electron chi connectivity index (χ1n) is 5.55.